The van der Waals surface area contributed by atoms with Crippen molar-refractivity contribution < 1.29 is 13.2 Å². The maximum Gasteiger partial charge on any atom is 0.207 e. The van der Waals surface area contributed by atoms with E-state index in [4.69, 9.17) is 10.5 Å². The summed E-state index contributed by atoms with van der Waals surface area (Å²) in [5.74, 6) is 0.615. The molecule has 0 bridgehead atoms. The molecule has 3 rings (SSSR count). The summed E-state index contributed by atoms with van der Waals surface area (Å²) in [7, 11) is -2.07. The van der Waals surface area contributed by atoms with Crippen LogP contribution in [0.1, 0.15) is 11.1 Å². The summed E-state index contributed by atoms with van der Waals surface area (Å²) in [4.78, 5) is 4.83. The standard InChI is InChI=1S/C18H18N2O3S2/c1-11-8-13(16-10-24-18(19)20-16)9-12(2)17(11)25(21,22)15-6-4-14(23-3)5-7-15/h4-10H,1-3H3,(H2,19,20). The van der Waals surface area contributed by atoms with Crippen LogP contribution in [0.5, 0.6) is 5.75 Å². The van der Waals surface area contributed by atoms with Gasteiger partial charge in [-0.3, -0.25) is 0 Å². The van der Waals surface area contributed by atoms with Crippen molar-refractivity contribution in [2.24, 2.45) is 0 Å². The molecule has 0 aliphatic carbocycles. The molecule has 0 saturated carbocycles. The second kappa shape index (κ2) is 6.50. The van der Waals surface area contributed by atoms with Gasteiger partial charge >= 0.3 is 0 Å². The number of nitrogen functional groups attached to an aromatic ring is 1. The van der Waals surface area contributed by atoms with Gasteiger partial charge in [0.25, 0.3) is 0 Å². The van der Waals surface area contributed by atoms with Crippen molar-refractivity contribution in [3.63, 3.8) is 0 Å². The Labute approximate surface area is 151 Å². The number of benzene rings is 2. The number of hydrogen-bond acceptors (Lipinski definition) is 6. The van der Waals surface area contributed by atoms with Gasteiger partial charge in [-0.05, 0) is 61.4 Å². The van der Waals surface area contributed by atoms with Gasteiger partial charge in [-0.1, -0.05) is 0 Å². The topological polar surface area (TPSA) is 82.3 Å². The van der Waals surface area contributed by atoms with E-state index in [1.165, 1.54) is 11.3 Å². The molecular formula is C18H18N2O3S2. The molecule has 0 saturated heterocycles. The molecule has 0 spiro atoms. The summed E-state index contributed by atoms with van der Waals surface area (Å²) < 4.78 is 31.2. The lowest BCUT2D eigenvalue weighted by Gasteiger charge is -2.13. The zero-order valence-electron chi connectivity index (χ0n) is 14.1. The smallest absolute Gasteiger partial charge is 0.207 e. The maximum atomic E-state index is 13.1. The molecule has 25 heavy (non-hydrogen) atoms. The fourth-order valence-corrected chi connectivity index (χ4v) is 5.08. The number of nitrogens with zero attached hydrogens (tertiary/aromatic N) is 1. The van der Waals surface area contributed by atoms with E-state index in [0.717, 1.165) is 11.3 Å². The Bertz CT molecular complexity index is 1000. The van der Waals surface area contributed by atoms with E-state index in [0.29, 0.717) is 26.9 Å². The second-order valence-electron chi connectivity index (χ2n) is 5.69. The molecule has 2 aromatic carbocycles. The Morgan fingerprint density at radius 2 is 1.68 bits per heavy atom. The van der Waals surface area contributed by atoms with Gasteiger partial charge in [0, 0.05) is 10.9 Å². The Balaban J connectivity index is 2.09. The summed E-state index contributed by atoms with van der Waals surface area (Å²) in [5.41, 5.74) is 8.66. The highest BCUT2D eigenvalue weighted by atomic mass is 32.2. The molecule has 0 atom stereocenters. The average molecular weight is 374 g/mol. The van der Waals surface area contributed by atoms with E-state index < -0.39 is 9.84 Å². The molecule has 130 valence electrons. The number of rotatable bonds is 4. The Morgan fingerprint density at radius 1 is 1.08 bits per heavy atom. The number of aryl methyl sites for hydroxylation is 2. The molecule has 2 N–H and O–H groups in total. The van der Waals surface area contributed by atoms with E-state index in [9.17, 15) is 8.42 Å². The van der Waals surface area contributed by atoms with Crippen molar-refractivity contribution in [3.05, 3.63) is 52.9 Å². The van der Waals surface area contributed by atoms with E-state index in [-0.39, 0.29) is 4.90 Å². The minimum atomic E-state index is -3.62. The average Bonchev–Trinajstić information content (AvgIpc) is 3.00. The molecule has 0 unspecified atom stereocenters. The first kappa shape index (κ1) is 17.4. The first-order valence-electron chi connectivity index (χ1n) is 7.54. The minimum absolute atomic E-state index is 0.241. The first-order valence-corrected chi connectivity index (χ1v) is 9.91. The summed E-state index contributed by atoms with van der Waals surface area (Å²) in [5, 5.41) is 2.35. The number of sulfone groups is 1. The van der Waals surface area contributed by atoms with Gasteiger partial charge in [0.1, 0.15) is 5.75 Å². The largest absolute Gasteiger partial charge is 0.497 e. The number of thiazole rings is 1. The van der Waals surface area contributed by atoms with Crippen LogP contribution in [-0.2, 0) is 9.84 Å². The maximum absolute atomic E-state index is 13.1. The van der Waals surface area contributed by atoms with E-state index in [2.05, 4.69) is 4.98 Å². The van der Waals surface area contributed by atoms with Crippen molar-refractivity contribution in [1.29, 1.82) is 0 Å². The molecule has 0 aliphatic heterocycles. The van der Waals surface area contributed by atoms with Gasteiger partial charge in [-0.2, -0.15) is 0 Å². The van der Waals surface area contributed by atoms with Crippen LogP contribution in [0.2, 0.25) is 0 Å². The monoisotopic (exact) mass is 374 g/mol. The highest BCUT2D eigenvalue weighted by molar-refractivity contribution is 7.91. The van der Waals surface area contributed by atoms with Gasteiger partial charge in [0.2, 0.25) is 9.84 Å². The molecule has 0 aliphatic rings. The molecule has 1 aromatic heterocycles. The number of methoxy groups -OCH3 is 1. The molecule has 3 aromatic rings. The SMILES string of the molecule is COc1ccc(S(=O)(=O)c2c(C)cc(-c3csc(N)n3)cc2C)cc1. The van der Waals surface area contributed by atoms with E-state index in [1.807, 2.05) is 17.5 Å². The minimum Gasteiger partial charge on any atom is -0.497 e. The molecule has 0 amide bonds. The Morgan fingerprint density at radius 3 is 2.16 bits per heavy atom. The van der Waals surface area contributed by atoms with Crippen molar-refractivity contribution in [1.82, 2.24) is 4.98 Å². The number of anilines is 1. The van der Waals surface area contributed by atoms with E-state index >= 15 is 0 Å². The summed E-state index contributed by atoms with van der Waals surface area (Å²) in [6.45, 7) is 3.59. The Hall–Kier alpha value is -2.38. The lowest BCUT2D eigenvalue weighted by molar-refractivity contribution is 0.414. The normalized spacial score (nSPS) is 11.5. The lowest BCUT2D eigenvalue weighted by Crippen LogP contribution is -2.07. The molecule has 7 heteroatoms. The highest BCUT2D eigenvalue weighted by Gasteiger charge is 2.23. The van der Waals surface area contributed by atoms with Gasteiger partial charge in [0.15, 0.2) is 5.13 Å². The Kier molecular flexibility index (Phi) is 4.53. The quantitative estimate of drug-likeness (QED) is 0.750. The fourth-order valence-electron chi connectivity index (χ4n) is 2.81. The number of hydrogen-bond donors (Lipinski definition) is 1. The second-order valence-corrected chi connectivity index (χ2v) is 8.47. The van der Waals surface area contributed by atoms with Crippen LogP contribution >= 0.6 is 11.3 Å². The van der Waals surface area contributed by atoms with Crippen LogP contribution in [0.15, 0.2) is 51.6 Å². The van der Waals surface area contributed by atoms with Crippen molar-refractivity contribution in [2.45, 2.75) is 23.6 Å². The third-order valence-corrected chi connectivity index (χ3v) is 6.66. The first-order chi connectivity index (χ1) is 11.8. The third-order valence-electron chi connectivity index (χ3n) is 3.92. The van der Waals surface area contributed by atoms with Crippen LogP contribution in [0, 0.1) is 13.8 Å². The van der Waals surface area contributed by atoms with Crippen LogP contribution < -0.4 is 10.5 Å². The van der Waals surface area contributed by atoms with Gasteiger partial charge in [-0.25, -0.2) is 13.4 Å². The van der Waals surface area contributed by atoms with Crippen LogP contribution in [0.25, 0.3) is 11.3 Å². The summed E-state index contributed by atoms with van der Waals surface area (Å²) in [6.07, 6.45) is 0. The number of ether oxygens (including phenoxy) is 1. The predicted octanol–water partition coefficient (Wildman–Crippen LogP) is 3.85. The number of aromatic nitrogens is 1. The zero-order valence-corrected chi connectivity index (χ0v) is 15.7. The van der Waals surface area contributed by atoms with Crippen LogP contribution in [0.4, 0.5) is 5.13 Å². The summed E-state index contributed by atoms with van der Waals surface area (Å²) in [6, 6.07) is 10.1. The lowest BCUT2D eigenvalue weighted by atomic mass is 10.1. The van der Waals surface area contributed by atoms with E-state index in [1.54, 1.807) is 45.2 Å². The third kappa shape index (κ3) is 3.25. The number of nitrogens with two attached hydrogens (primary N) is 1. The van der Waals surface area contributed by atoms with Crippen molar-refractivity contribution in [2.75, 3.05) is 12.8 Å². The molecule has 1 heterocycles. The van der Waals surface area contributed by atoms with Gasteiger partial charge in [0.05, 0.1) is 22.6 Å². The predicted molar refractivity (Wildman–Crippen MR) is 99.9 cm³/mol. The molecular weight excluding hydrogens is 356 g/mol. The molecule has 0 radical (unpaired) electrons. The highest BCUT2D eigenvalue weighted by Crippen LogP contribution is 2.32. The summed E-state index contributed by atoms with van der Waals surface area (Å²) >= 11 is 1.36. The van der Waals surface area contributed by atoms with Crippen LogP contribution in [0.3, 0.4) is 0 Å². The van der Waals surface area contributed by atoms with Gasteiger partial charge in [-0.15, -0.1) is 11.3 Å². The van der Waals surface area contributed by atoms with Gasteiger partial charge < -0.3 is 10.5 Å². The van der Waals surface area contributed by atoms with Crippen LogP contribution in [-0.4, -0.2) is 20.5 Å². The zero-order chi connectivity index (χ0) is 18.2. The molecule has 5 nitrogen and oxygen atoms in total. The van der Waals surface area contributed by atoms with Crippen molar-refractivity contribution in [3.8, 4) is 17.0 Å². The molecule has 0 fully saturated rings. The fraction of sp³-hybridized carbons (Fsp3) is 0.167. The van der Waals surface area contributed by atoms with Crippen molar-refractivity contribution >= 4 is 26.3 Å².